The number of rotatable bonds is 12. The fourth-order valence-electron chi connectivity index (χ4n) is 3.25. The van der Waals surface area contributed by atoms with Crippen LogP contribution in [0.3, 0.4) is 0 Å². The van der Waals surface area contributed by atoms with E-state index in [1.54, 1.807) is 0 Å². The van der Waals surface area contributed by atoms with Crippen molar-refractivity contribution in [1.29, 1.82) is 0 Å². The molecule has 1 rings (SSSR count). The van der Waals surface area contributed by atoms with Gasteiger partial charge in [0.25, 0.3) is 0 Å². The van der Waals surface area contributed by atoms with E-state index in [9.17, 15) is 4.79 Å². The molecular formula is C21H40O2. The van der Waals surface area contributed by atoms with E-state index in [1.807, 2.05) is 20.8 Å². The Kier molecular flexibility index (Phi) is 8.64. The highest BCUT2D eigenvalue weighted by Gasteiger charge is 2.55. The number of unbranched alkanes of at least 4 members (excludes halogenated alkanes) is 9. The fraction of sp³-hybridized carbons (Fsp3) is 0.952. The second kappa shape index (κ2) is 9.69. The largest absolute Gasteiger partial charge is 0.458 e. The van der Waals surface area contributed by atoms with Crippen molar-refractivity contribution in [2.75, 3.05) is 0 Å². The summed E-state index contributed by atoms with van der Waals surface area (Å²) in [5.41, 5.74) is -0.502. The third-order valence-electron chi connectivity index (χ3n) is 5.25. The summed E-state index contributed by atoms with van der Waals surface area (Å²) < 4.78 is 5.87. The van der Waals surface area contributed by atoms with E-state index in [2.05, 4.69) is 13.8 Å². The van der Waals surface area contributed by atoms with Crippen LogP contribution in [0.2, 0.25) is 0 Å². The molecule has 0 heterocycles. The molecule has 1 fully saturated rings. The molecule has 1 aliphatic carbocycles. The number of hydrogen-bond donors (Lipinski definition) is 0. The first-order valence-corrected chi connectivity index (χ1v) is 10.1. The predicted octanol–water partition coefficient (Wildman–Crippen LogP) is 6.67. The Bertz CT molecular complexity index is 342. The van der Waals surface area contributed by atoms with Crippen LogP contribution in [0, 0.1) is 11.3 Å². The number of ether oxygens (including phenoxy) is 1. The molecule has 0 aromatic carbocycles. The van der Waals surface area contributed by atoms with Gasteiger partial charge in [0, 0.05) is 0 Å². The first-order valence-electron chi connectivity index (χ1n) is 10.1. The van der Waals surface area contributed by atoms with Crippen molar-refractivity contribution in [1.82, 2.24) is 0 Å². The van der Waals surface area contributed by atoms with Gasteiger partial charge >= 0.3 is 5.97 Å². The highest BCUT2D eigenvalue weighted by atomic mass is 16.6. The molecule has 2 unspecified atom stereocenters. The van der Waals surface area contributed by atoms with Gasteiger partial charge in [-0.05, 0) is 46.0 Å². The number of carbonyl (C=O) groups is 1. The van der Waals surface area contributed by atoms with Gasteiger partial charge in [0.15, 0.2) is 0 Å². The minimum absolute atomic E-state index is 0.0334. The summed E-state index contributed by atoms with van der Waals surface area (Å²) in [4.78, 5) is 12.1. The van der Waals surface area contributed by atoms with E-state index in [0.717, 1.165) is 12.8 Å². The molecule has 0 aromatic heterocycles. The average molecular weight is 325 g/mol. The molecule has 1 saturated carbocycles. The van der Waals surface area contributed by atoms with Crippen LogP contribution >= 0.6 is 0 Å². The zero-order chi connectivity index (χ0) is 17.3. The highest BCUT2D eigenvalue weighted by molar-refractivity contribution is 5.76. The smallest absolute Gasteiger partial charge is 0.311 e. The highest BCUT2D eigenvalue weighted by Crippen LogP contribution is 2.51. The van der Waals surface area contributed by atoms with Crippen molar-refractivity contribution in [3.05, 3.63) is 0 Å². The van der Waals surface area contributed by atoms with Gasteiger partial charge in [-0.25, -0.2) is 0 Å². The van der Waals surface area contributed by atoms with Crippen molar-refractivity contribution in [2.45, 2.75) is 117 Å². The zero-order valence-electron chi connectivity index (χ0n) is 16.4. The maximum Gasteiger partial charge on any atom is 0.311 e. The van der Waals surface area contributed by atoms with Crippen LogP contribution in [-0.2, 0) is 9.53 Å². The van der Waals surface area contributed by atoms with E-state index in [0.29, 0.717) is 5.92 Å². The lowest BCUT2D eigenvalue weighted by molar-refractivity contribution is -0.162. The first-order chi connectivity index (χ1) is 10.8. The summed E-state index contributed by atoms with van der Waals surface area (Å²) in [5, 5.41) is 0. The second-order valence-corrected chi connectivity index (χ2v) is 8.74. The van der Waals surface area contributed by atoms with Crippen LogP contribution in [-0.4, -0.2) is 11.6 Å². The van der Waals surface area contributed by atoms with E-state index in [4.69, 9.17) is 4.74 Å². The Hall–Kier alpha value is -0.530. The van der Waals surface area contributed by atoms with Gasteiger partial charge in [-0.1, -0.05) is 71.6 Å². The summed E-state index contributed by atoms with van der Waals surface area (Å²) in [6, 6.07) is 0. The molecule has 0 amide bonds. The lowest BCUT2D eigenvalue weighted by Gasteiger charge is -2.24. The summed E-state index contributed by atoms with van der Waals surface area (Å²) in [7, 11) is 0. The lowest BCUT2D eigenvalue weighted by atomic mass is 9.97. The van der Waals surface area contributed by atoms with Gasteiger partial charge in [-0.2, -0.15) is 0 Å². The Morgan fingerprint density at radius 2 is 1.39 bits per heavy atom. The predicted molar refractivity (Wildman–Crippen MR) is 98.5 cm³/mol. The van der Waals surface area contributed by atoms with Gasteiger partial charge in [0.05, 0.1) is 5.41 Å². The molecule has 0 bridgehead atoms. The van der Waals surface area contributed by atoms with Crippen molar-refractivity contribution in [2.24, 2.45) is 11.3 Å². The van der Waals surface area contributed by atoms with Gasteiger partial charge in [-0.3, -0.25) is 4.79 Å². The zero-order valence-corrected chi connectivity index (χ0v) is 16.4. The molecule has 23 heavy (non-hydrogen) atoms. The van der Waals surface area contributed by atoms with Crippen LogP contribution in [0.5, 0.6) is 0 Å². The molecule has 0 radical (unpaired) electrons. The Labute approximate surface area is 144 Å². The van der Waals surface area contributed by atoms with Crippen LogP contribution in [0.25, 0.3) is 0 Å². The van der Waals surface area contributed by atoms with Gasteiger partial charge in [0.2, 0.25) is 0 Å². The molecule has 2 heteroatoms. The third-order valence-corrected chi connectivity index (χ3v) is 5.25. The van der Waals surface area contributed by atoms with Crippen LogP contribution < -0.4 is 0 Å². The summed E-state index contributed by atoms with van der Waals surface area (Å²) in [6.45, 7) is 10.3. The SMILES string of the molecule is CCCCCCCCCCCCC1(OC(=O)C(C)(C)C)CC1C. The van der Waals surface area contributed by atoms with Crippen LogP contribution in [0.4, 0.5) is 0 Å². The van der Waals surface area contributed by atoms with Crippen molar-refractivity contribution in [3.8, 4) is 0 Å². The number of carbonyl (C=O) groups excluding carboxylic acids is 1. The maximum atomic E-state index is 12.1. The van der Waals surface area contributed by atoms with Crippen LogP contribution in [0.15, 0.2) is 0 Å². The molecule has 2 nitrogen and oxygen atoms in total. The van der Waals surface area contributed by atoms with Crippen LogP contribution in [0.1, 0.15) is 112 Å². The Morgan fingerprint density at radius 3 is 1.78 bits per heavy atom. The summed E-state index contributed by atoms with van der Waals surface area (Å²) in [6.07, 6.45) is 15.7. The summed E-state index contributed by atoms with van der Waals surface area (Å²) >= 11 is 0. The quantitative estimate of drug-likeness (QED) is 0.296. The number of esters is 1. The van der Waals surface area contributed by atoms with E-state index >= 15 is 0 Å². The first kappa shape index (κ1) is 20.5. The number of hydrogen-bond acceptors (Lipinski definition) is 2. The standard InChI is InChI=1S/C21H40O2/c1-6-7-8-9-10-11-12-13-14-15-16-21(17-18(21)2)23-19(22)20(3,4)5/h18H,6-17H2,1-5H3. The minimum atomic E-state index is -0.382. The average Bonchev–Trinajstić information content (AvgIpc) is 3.09. The Balaban J connectivity index is 2.07. The van der Waals surface area contributed by atoms with E-state index in [-0.39, 0.29) is 17.0 Å². The van der Waals surface area contributed by atoms with Crippen molar-refractivity contribution in [3.63, 3.8) is 0 Å². The van der Waals surface area contributed by atoms with Crippen molar-refractivity contribution >= 4 is 5.97 Å². The van der Waals surface area contributed by atoms with E-state index < -0.39 is 0 Å². The van der Waals surface area contributed by atoms with Gasteiger partial charge in [-0.15, -0.1) is 0 Å². The lowest BCUT2D eigenvalue weighted by Crippen LogP contribution is -2.30. The topological polar surface area (TPSA) is 26.3 Å². The molecular weight excluding hydrogens is 284 g/mol. The van der Waals surface area contributed by atoms with Crippen molar-refractivity contribution < 1.29 is 9.53 Å². The van der Waals surface area contributed by atoms with Gasteiger partial charge < -0.3 is 4.74 Å². The minimum Gasteiger partial charge on any atom is -0.458 e. The molecule has 0 aromatic rings. The van der Waals surface area contributed by atoms with Gasteiger partial charge in [0.1, 0.15) is 5.60 Å². The monoisotopic (exact) mass is 324 g/mol. The molecule has 136 valence electrons. The molecule has 1 aliphatic rings. The normalized spacial score (nSPS) is 23.8. The molecule has 0 spiro atoms. The van der Waals surface area contributed by atoms with E-state index in [1.165, 1.54) is 64.2 Å². The fourth-order valence-corrected chi connectivity index (χ4v) is 3.25. The summed E-state index contributed by atoms with van der Waals surface area (Å²) in [5.74, 6) is 0.515. The Morgan fingerprint density at radius 1 is 0.957 bits per heavy atom. The molecule has 2 atom stereocenters. The molecule has 0 aliphatic heterocycles. The third kappa shape index (κ3) is 7.72. The molecule has 0 saturated heterocycles. The second-order valence-electron chi connectivity index (χ2n) is 8.74. The maximum absolute atomic E-state index is 12.1. The molecule has 0 N–H and O–H groups in total.